The summed E-state index contributed by atoms with van der Waals surface area (Å²) in [6.45, 7) is 6.07. The number of aromatic nitrogens is 6. The van der Waals surface area contributed by atoms with Crippen LogP contribution in [0.1, 0.15) is 19.5 Å². The van der Waals surface area contributed by atoms with Crippen molar-refractivity contribution in [2.24, 2.45) is 0 Å². The lowest BCUT2D eigenvalue weighted by atomic mass is 10.2. The van der Waals surface area contributed by atoms with Gasteiger partial charge in [0.2, 0.25) is 5.95 Å². The number of anilines is 1. The molecule has 0 radical (unpaired) electrons. The van der Waals surface area contributed by atoms with Crippen LogP contribution in [0, 0.1) is 6.92 Å². The Hall–Kier alpha value is -2.96. The van der Waals surface area contributed by atoms with Gasteiger partial charge in [-0.05, 0) is 32.9 Å². The molecule has 4 aromatic heterocycles. The first kappa shape index (κ1) is 13.7. The molecule has 0 bridgehead atoms. The maximum atomic E-state index is 4.62. The van der Waals surface area contributed by atoms with E-state index in [0.717, 1.165) is 33.6 Å². The molecule has 0 saturated heterocycles. The average molecular weight is 307 g/mol. The molecule has 23 heavy (non-hydrogen) atoms. The first-order chi connectivity index (χ1) is 11.1. The Morgan fingerprint density at radius 1 is 1.22 bits per heavy atom. The van der Waals surface area contributed by atoms with Gasteiger partial charge in [-0.25, -0.2) is 14.5 Å². The molecule has 0 aromatic carbocycles. The minimum Gasteiger partial charge on any atom is -0.352 e. The lowest BCUT2D eigenvalue weighted by Gasteiger charge is -2.07. The normalized spacial score (nSPS) is 11.7. The highest BCUT2D eigenvalue weighted by Crippen LogP contribution is 2.26. The zero-order valence-electron chi connectivity index (χ0n) is 13.2. The van der Waals surface area contributed by atoms with E-state index in [4.69, 9.17) is 0 Å². The van der Waals surface area contributed by atoms with Crippen LogP contribution < -0.4 is 5.32 Å². The molecule has 4 rings (SSSR count). The largest absolute Gasteiger partial charge is 0.352 e. The van der Waals surface area contributed by atoms with Crippen LogP contribution in [0.4, 0.5) is 5.95 Å². The number of imidazole rings is 1. The summed E-state index contributed by atoms with van der Waals surface area (Å²) < 4.78 is 1.79. The van der Waals surface area contributed by atoms with Gasteiger partial charge in [0.05, 0.1) is 17.6 Å². The van der Waals surface area contributed by atoms with E-state index in [1.54, 1.807) is 4.52 Å². The third-order valence-electron chi connectivity index (χ3n) is 3.57. The van der Waals surface area contributed by atoms with Crippen molar-refractivity contribution in [3.63, 3.8) is 0 Å². The number of H-pyrrole nitrogens is 1. The monoisotopic (exact) mass is 307 g/mol. The second kappa shape index (κ2) is 5.05. The average Bonchev–Trinajstić information content (AvgIpc) is 3.07. The summed E-state index contributed by atoms with van der Waals surface area (Å²) in [5.41, 5.74) is 4.41. The van der Waals surface area contributed by atoms with Gasteiger partial charge in [-0.15, -0.1) is 0 Å². The van der Waals surface area contributed by atoms with Crippen molar-refractivity contribution in [2.45, 2.75) is 26.8 Å². The molecule has 4 aromatic rings. The molecule has 0 aliphatic rings. The minimum absolute atomic E-state index is 0.287. The van der Waals surface area contributed by atoms with Crippen molar-refractivity contribution in [1.82, 2.24) is 29.5 Å². The van der Waals surface area contributed by atoms with Crippen LogP contribution in [0.5, 0.6) is 0 Å². The molecule has 4 heterocycles. The fraction of sp³-hybridized carbons (Fsp3) is 0.250. The van der Waals surface area contributed by atoms with Gasteiger partial charge in [0.15, 0.2) is 5.65 Å². The van der Waals surface area contributed by atoms with Crippen LogP contribution >= 0.6 is 0 Å². The molecule has 7 nitrogen and oxygen atoms in total. The molecular weight excluding hydrogens is 290 g/mol. The number of nitrogens with zero attached hydrogens (tertiary/aromatic N) is 5. The van der Waals surface area contributed by atoms with Crippen molar-refractivity contribution in [3.05, 3.63) is 36.4 Å². The molecule has 0 amide bonds. The predicted octanol–water partition coefficient (Wildman–Crippen LogP) is 2.80. The third-order valence-corrected chi connectivity index (χ3v) is 3.57. The van der Waals surface area contributed by atoms with E-state index in [-0.39, 0.29) is 6.04 Å². The highest BCUT2D eigenvalue weighted by Gasteiger charge is 2.11. The highest BCUT2D eigenvalue weighted by molar-refractivity contribution is 5.92. The van der Waals surface area contributed by atoms with Gasteiger partial charge in [-0.1, -0.05) is 0 Å². The van der Waals surface area contributed by atoms with Gasteiger partial charge in [0.1, 0.15) is 5.65 Å². The molecule has 2 N–H and O–H groups in total. The maximum absolute atomic E-state index is 4.62. The first-order valence-corrected chi connectivity index (χ1v) is 7.54. The molecule has 0 unspecified atom stereocenters. The predicted molar refractivity (Wildman–Crippen MR) is 89.4 cm³/mol. The Morgan fingerprint density at radius 3 is 2.91 bits per heavy atom. The van der Waals surface area contributed by atoms with Crippen LogP contribution in [0.3, 0.4) is 0 Å². The van der Waals surface area contributed by atoms with Gasteiger partial charge in [-0.2, -0.15) is 10.1 Å². The van der Waals surface area contributed by atoms with Gasteiger partial charge < -0.3 is 10.3 Å². The number of hydrogen-bond donors (Lipinski definition) is 2. The van der Waals surface area contributed by atoms with E-state index in [1.807, 2.05) is 37.6 Å². The summed E-state index contributed by atoms with van der Waals surface area (Å²) in [7, 11) is 0. The molecule has 0 aliphatic carbocycles. The van der Waals surface area contributed by atoms with Gasteiger partial charge in [0, 0.05) is 29.4 Å². The summed E-state index contributed by atoms with van der Waals surface area (Å²) in [4.78, 5) is 16.5. The van der Waals surface area contributed by atoms with Crippen molar-refractivity contribution in [3.8, 4) is 11.3 Å². The quantitative estimate of drug-likeness (QED) is 0.608. The summed E-state index contributed by atoms with van der Waals surface area (Å²) in [6, 6.07) is 4.21. The van der Waals surface area contributed by atoms with E-state index in [2.05, 4.69) is 44.2 Å². The lowest BCUT2D eigenvalue weighted by molar-refractivity contribution is 0.877. The summed E-state index contributed by atoms with van der Waals surface area (Å²) in [5.74, 6) is 0.620. The lowest BCUT2D eigenvalue weighted by Crippen LogP contribution is -2.12. The Balaban J connectivity index is 1.80. The second-order valence-corrected chi connectivity index (χ2v) is 5.86. The van der Waals surface area contributed by atoms with Crippen LogP contribution in [-0.2, 0) is 0 Å². The standard InChI is InChI=1S/C16H17N7/c1-9(2)19-16-18-7-12-11(6-17-15(12)21-16)13-4-5-14-20-10(3)8-23(14)22-13/h4-9H,1-3H3,(H2,17,18,19,21). The number of hydrogen-bond acceptors (Lipinski definition) is 5. The smallest absolute Gasteiger partial charge is 0.224 e. The van der Waals surface area contributed by atoms with Crippen molar-refractivity contribution in [1.29, 1.82) is 0 Å². The van der Waals surface area contributed by atoms with E-state index in [0.29, 0.717) is 5.95 Å². The number of nitrogens with one attached hydrogen (secondary N) is 2. The summed E-state index contributed by atoms with van der Waals surface area (Å²) in [6.07, 6.45) is 5.65. The van der Waals surface area contributed by atoms with E-state index < -0.39 is 0 Å². The van der Waals surface area contributed by atoms with Crippen molar-refractivity contribution < 1.29 is 0 Å². The molecular formula is C16H17N7. The SMILES string of the molecule is Cc1cn2nc(-c3c[nH]c4nc(NC(C)C)ncc34)ccc2n1. The third kappa shape index (κ3) is 2.40. The molecule has 0 aliphatic heterocycles. The van der Waals surface area contributed by atoms with Gasteiger partial charge >= 0.3 is 0 Å². The highest BCUT2D eigenvalue weighted by atomic mass is 15.2. The Labute approximate surface area is 132 Å². The van der Waals surface area contributed by atoms with Gasteiger partial charge in [0.25, 0.3) is 0 Å². The van der Waals surface area contributed by atoms with Crippen LogP contribution in [0.15, 0.2) is 30.7 Å². The molecule has 0 saturated carbocycles. The number of aromatic amines is 1. The summed E-state index contributed by atoms with van der Waals surface area (Å²) in [5, 5.41) is 8.77. The van der Waals surface area contributed by atoms with Crippen molar-refractivity contribution in [2.75, 3.05) is 5.32 Å². The molecule has 0 atom stereocenters. The van der Waals surface area contributed by atoms with Gasteiger partial charge in [-0.3, -0.25) is 0 Å². The van der Waals surface area contributed by atoms with Crippen LogP contribution in [0.2, 0.25) is 0 Å². The van der Waals surface area contributed by atoms with Crippen molar-refractivity contribution >= 4 is 22.6 Å². The number of aryl methyl sites for hydroxylation is 1. The fourth-order valence-electron chi connectivity index (χ4n) is 2.59. The molecule has 116 valence electrons. The molecule has 0 spiro atoms. The van der Waals surface area contributed by atoms with Crippen LogP contribution in [-0.4, -0.2) is 35.6 Å². The van der Waals surface area contributed by atoms with E-state index in [9.17, 15) is 0 Å². The summed E-state index contributed by atoms with van der Waals surface area (Å²) >= 11 is 0. The fourth-order valence-corrected chi connectivity index (χ4v) is 2.59. The molecule has 0 fully saturated rings. The Kier molecular flexibility index (Phi) is 3.00. The Bertz CT molecular complexity index is 996. The number of rotatable bonds is 3. The molecule has 7 heteroatoms. The first-order valence-electron chi connectivity index (χ1n) is 7.54. The van der Waals surface area contributed by atoms with Crippen LogP contribution in [0.25, 0.3) is 27.9 Å². The minimum atomic E-state index is 0.287. The van der Waals surface area contributed by atoms with E-state index in [1.165, 1.54) is 0 Å². The zero-order valence-corrected chi connectivity index (χ0v) is 13.2. The zero-order chi connectivity index (χ0) is 16.0. The topological polar surface area (TPSA) is 83.8 Å². The second-order valence-electron chi connectivity index (χ2n) is 5.86. The van der Waals surface area contributed by atoms with E-state index >= 15 is 0 Å². The number of fused-ring (bicyclic) bond motifs is 2. The Morgan fingerprint density at radius 2 is 2.09 bits per heavy atom. The maximum Gasteiger partial charge on any atom is 0.224 e.